The van der Waals surface area contributed by atoms with E-state index in [1.807, 2.05) is 43.5 Å². The highest BCUT2D eigenvalue weighted by molar-refractivity contribution is 7.13. The van der Waals surface area contributed by atoms with E-state index in [0.717, 1.165) is 10.6 Å². The second kappa shape index (κ2) is 4.98. The highest BCUT2D eigenvalue weighted by Crippen LogP contribution is 2.25. The molecule has 0 aliphatic carbocycles. The molecule has 0 amide bonds. The highest BCUT2D eigenvalue weighted by atomic mass is 35.5. The van der Waals surface area contributed by atoms with Crippen molar-refractivity contribution in [1.29, 1.82) is 0 Å². The molecule has 0 radical (unpaired) electrons. The zero-order valence-corrected chi connectivity index (χ0v) is 11.2. The molecular weight excluding hydrogens is 254 g/mol. The number of aromatic nitrogens is 1. The van der Waals surface area contributed by atoms with Crippen LogP contribution < -0.4 is 0 Å². The van der Waals surface area contributed by atoms with Crippen LogP contribution in [0.2, 0.25) is 5.02 Å². The lowest BCUT2D eigenvalue weighted by Crippen LogP contribution is -2.07. The minimum atomic E-state index is -0.0184. The number of rotatable bonds is 3. The lowest BCUT2D eigenvalue weighted by Gasteiger charge is -1.99. The average Bonchev–Trinajstić information content (AvgIpc) is 2.78. The summed E-state index contributed by atoms with van der Waals surface area (Å²) in [5, 5.41) is 3.36. The zero-order valence-electron chi connectivity index (χ0n) is 9.61. The Balaban J connectivity index is 2.30. The van der Waals surface area contributed by atoms with Gasteiger partial charge in [-0.15, -0.1) is 11.3 Å². The topological polar surface area (TPSA) is 30.0 Å². The van der Waals surface area contributed by atoms with Gasteiger partial charge in [-0.25, -0.2) is 4.98 Å². The number of halogens is 1. The van der Waals surface area contributed by atoms with Crippen LogP contribution in [0.5, 0.6) is 0 Å². The van der Waals surface area contributed by atoms with E-state index in [-0.39, 0.29) is 11.7 Å². The molecule has 1 aromatic carbocycles. The van der Waals surface area contributed by atoms with Gasteiger partial charge in [0.25, 0.3) is 0 Å². The minimum Gasteiger partial charge on any atom is -0.292 e. The summed E-state index contributed by atoms with van der Waals surface area (Å²) >= 11 is 7.30. The third kappa shape index (κ3) is 2.73. The Hall–Kier alpha value is -1.19. The fourth-order valence-electron chi connectivity index (χ4n) is 1.41. The van der Waals surface area contributed by atoms with E-state index >= 15 is 0 Å². The van der Waals surface area contributed by atoms with Gasteiger partial charge in [0, 0.05) is 21.9 Å². The maximum absolute atomic E-state index is 11.8. The van der Waals surface area contributed by atoms with Crippen molar-refractivity contribution in [3.8, 4) is 10.6 Å². The van der Waals surface area contributed by atoms with Crippen LogP contribution >= 0.6 is 22.9 Å². The normalized spacial score (nSPS) is 10.8. The van der Waals surface area contributed by atoms with E-state index in [1.54, 1.807) is 0 Å². The van der Waals surface area contributed by atoms with Gasteiger partial charge in [-0.2, -0.15) is 0 Å². The SMILES string of the molecule is CC(C)C(=O)c1csc(-c2ccc(Cl)cc2)n1. The molecule has 88 valence electrons. The van der Waals surface area contributed by atoms with Crippen molar-refractivity contribution < 1.29 is 4.79 Å². The number of benzene rings is 1. The molecule has 1 heterocycles. The number of carbonyl (C=O) groups is 1. The Morgan fingerprint density at radius 3 is 2.53 bits per heavy atom. The van der Waals surface area contributed by atoms with Crippen LogP contribution in [0.4, 0.5) is 0 Å². The number of nitrogens with zero attached hydrogens (tertiary/aromatic N) is 1. The van der Waals surface area contributed by atoms with E-state index in [0.29, 0.717) is 10.7 Å². The molecule has 0 atom stereocenters. The molecule has 0 fully saturated rings. The van der Waals surface area contributed by atoms with Gasteiger partial charge >= 0.3 is 0 Å². The number of ketones is 1. The monoisotopic (exact) mass is 265 g/mol. The quantitative estimate of drug-likeness (QED) is 0.775. The molecule has 2 aromatic rings. The molecule has 17 heavy (non-hydrogen) atoms. The lowest BCUT2D eigenvalue weighted by atomic mass is 10.1. The summed E-state index contributed by atoms with van der Waals surface area (Å²) in [7, 11) is 0. The molecule has 0 aliphatic heterocycles. The van der Waals surface area contributed by atoms with Gasteiger partial charge in [0.15, 0.2) is 5.78 Å². The molecule has 0 unspecified atom stereocenters. The van der Waals surface area contributed by atoms with Gasteiger partial charge < -0.3 is 0 Å². The van der Waals surface area contributed by atoms with E-state index in [9.17, 15) is 4.79 Å². The van der Waals surface area contributed by atoms with Gasteiger partial charge in [-0.1, -0.05) is 37.6 Å². The van der Waals surface area contributed by atoms with Crippen molar-refractivity contribution in [3.05, 3.63) is 40.4 Å². The Kier molecular flexibility index (Phi) is 3.60. The standard InChI is InChI=1S/C13H12ClNOS/c1-8(2)12(16)11-7-17-13(15-11)9-3-5-10(14)6-4-9/h3-8H,1-2H3. The van der Waals surface area contributed by atoms with Crippen LogP contribution in [0.1, 0.15) is 24.3 Å². The maximum Gasteiger partial charge on any atom is 0.184 e. The minimum absolute atomic E-state index is 0.0184. The zero-order chi connectivity index (χ0) is 12.4. The van der Waals surface area contributed by atoms with Gasteiger partial charge in [0.2, 0.25) is 0 Å². The summed E-state index contributed by atoms with van der Waals surface area (Å²) in [5.41, 5.74) is 1.54. The van der Waals surface area contributed by atoms with Crippen molar-refractivity contribution in [2.45, 2.75) is 13.8 Å². The smallest absolute Gasteiger partial charge is 0.184 e. The predicted octanol–water partition coefficient (Wildman–Crippen LogP) is 4.30. The Labute approximate surface area is 109 Å². The first-order valence-electron chi connectivity index (χ1n) is 5.33. The van der Waals surface area contributed by atoms with Crippen LogP contribution in [0.15, 0.2) is 29.6 Å². The molecule has 0 N–H and O–H groups in total. The third-order valence-corrected chi connectivity index (χ3v) is 3.52. The van der Waals surface area contributed by atoms with E-state index in [4.69, 9.17) is 11.6 Å². The second-order valence-corrected chi connectivity index (χ2v) is 5.36. The van der Waals surface area contributed by atoms with Crippen molar-refractivity contribution in [1.82, 2.24) is 4.98 Å². The lowest BCUT2D eigenvalue weighted by molar-refractivity contribution is 0.0935. The van der Waals surface area contributed by atoms with E-state index in [2.05, 4.69) is 4.98 Å². The highest BCUT2D eigenvalue weighted by Gasteiger charge is 2.14. The third-order valence-electron chi connectivity index (χ3n) is 2.37. The van der Waals surface area contributed by atoms with E-state index in [1.165, 1.54) is 11.3 Å². The van der Waals surface area contributed by atoms with Gasteiger partial charge in [-0.05, 0) is 12.1 Å². The average molecular weight is 266 g/mol. The summed E-state index contributed by atoms with van der Waals surface area (Å²) in [6.07, 6.45) is 0. The van der Waals surface area contributed by atoms with Crippen LogP contribution in [0.3, 0.4) is 0 Å². The molecule has 2 rings (SSSR count). The first-order valence-corrected chi connectivity index (χ1v) is 6.59. The first-order chi connectivity index (χ1) is 8.08. The summed E-state index contributed by atoms with van der Waals surface area (Å²) in [6, 6.07) is 7.46. The predicted molar refractivity (Wildman–Crippen MR) is 71.7 cm³/mol. The molecule has 0 bridgehead atoms. The van der Waals surface area contributed by atoms with Crippen molar-refractivity contribution >= 4 is 28.7 Å². The molecule has 0 saturated carbocycles. The number of carbonyl (C=O) groups excluding carboxylic acids is 1. The Morgan fingerprint density at radius 1 is 1.29 bits per heavy atom. The first kappa shape index (κ1) is 12.3. The van der Waals surface area contributed by atoms with E-state index < -0.39 is 0 Å². The van der Waals surface area contributed by atoms with Crippen LogP contribution in [0, 0.1) is 5.92 Å². The van der Waals surface area contributed by atoms with Crippen molar-refractivity contribution in [3.63, 3.8) is 0 Å². The molecule has 0 spiro atoms. The summed E-state index contributed by atoms with van der Waals surface area (Å²) in [5.74, 6) is 0.0663. The number of Topliss-reactive ketones (excluding diaryl/α,β-unsaturated/α-hetero) is 1. The van der Waals surface area contributed by atoms with Crippen LogP contribution in [0.25, 0.3) is 10.6 Å². The van der Waals surface area contributed by atoms with Gasteiger partial charge in [-0.3, -0.25) is 4.79 Å². The maximum atomic E-state index is 11.8. The van der Waals surface area contributed by atoms with Crippen LogP contribution in [-0.4, -0.2) is 10.8 Å². The van der Waals surface area contributed by atoms with Crippen molar-refractivity contribution in [2.24, 2.45) is 5.92 Å². The van der Waals surface area contributed by atoms with Gasteiger partial charge in [0.1, 0.15) is 10.7 Å². The largest absolute Gasteiger partial charge is 0.292 e. The number of thiazole rings is 1. The molecule has 0 saturated heterocycles. The number of hydrogen-bond donors (Lipinski definition) is 0. The molecule has 4 heteroatoms. The summed E-state index contributed by atoms with van der Waals surface area (Å²) < 4.78 is 0. The fraction of sp³-hybridized carbons (Fsp3) is 0.231. The van der Waals surface area contributed by atoms with Crippen LogP contribution in [-0.2, 0) is 0 Å². The summed E-state index contributed by atoms with van der Waals surface area (Å²) in [4.78, 5) is 16.1. The number of hydrogen-bond acceptors (Lipinski definition) is 3. The molecule has 0 aliphatic rings. The van der Waals surface area contributed by atoms with Gasteiger partial charge in [0.05, 0.1) is 0 Å². The summed E-state index contributed by atoms with van der Waals surface area (Å²) in [6.45, 7) is 3.76. The Bertz CT molecular complexity index is 531. The Morgan fingerprint density at radius 2 is 1.94 bits per heavy atom. The van der Waals surface area contributed by atoms with Crippen molar-refractivity contribution in [2.75, 3.05) is 0 Å². The fourth-order valence-corrected chi connectivity index (χ4v) is 2.35. The second-order valence-electron chi connectivity index (χ2n) is 4.06. The molecule has 1 aromatic heterocycles. The molecule has 2 nitrogen and oxygen atoms in total. The molecular formula is C13H12ClNOS.